The summed E-state index contributed by atoms with van der Waals surface area (Å²) in [7, 11) is 0. The van der Waals surface area contributed by atoms with Crippen molar-refractivity contribution in [3.63, 3.8) is 0 Å². The van der Waals surface area contributed by atoms with Crippen molar-refractivity contribution < 1.29 is 39.8 Å². The van der Waals surface area contributed by atoms with E-state index in [0.29, 0.717) is 24.3 Å². The van der Waals surface area contributed by atoms with Crippen molar-refractivity contribution in [2.45, 2.75) is 0 Å². The van der Waals surface area contributed by atoms with E-state index in [1.54, 1.807) is 0 Å². The number of phenolic OH excluding ortho intramolecular Hbond substituents is 2. The number of non-ortho nitro benzene ring substituents is 2. The highest BCUT2D eigenvalue weighted by atomic mass is 16.7. The summed E-state index contributed by atoms with van der Waals surface area (Å²) in [6.45, 7) is 0. The average molecular weight is 458 g/mol. The molecule has 0 saturated carbocycles. The molecule has 0 aliphatic heterocycles. The zero-order valence-electron chi connectivity index (χ0n) is 14.8. The molecule has 0 unspecified atom stereocenters. The number of hydrogen-bond donors (Lipinski definition) is 2. The molecule has 0 spiro atoms. The largest absolute Gasteiger partial charge is 0.502 e. The number of rotatable bonds is 6. The number of phenols is 2. The summed E-state index contributed by atoms with van der Waals surface area (Å²) in [5.74, 6) is -2.33. The van der Waals surface area contributed by atoms with Crippen LogP contribution in [0, 0.1) is 60.7 Å². The van der Waals surface area contributed by atoms with Crippen LogP contribution in [0.2, 0.25) is 0 Å². The molecule has 0 atom stereocenters. The smallest absolute Gasteiger partial charge is 0.387 e. The number of nitro benzene ring substituents is 6. The van der Waals surface area contributed by atoms with E-state index in [1.807, 2.05) is 0 Å². The van der Waals surface area contributed by atoms with Gasteiger partial charge in [-0.05, 0) is 0 Å². The monoisotopic (exact) mass is 458 g/mol. The lowest BCUT2D eigenvalue weighted by molar-refractivity contribution is -0.425. The minimum atomic E-state index is -1.21. The Hall–Kier alpha value is -5.56. The van der Waals surface area contributed by atoms with E-state index in [0.717, 1.165) is 0 Å². The van der Waals surface area contributed by atoms with Crippen molar-refractivity contribution in [3.8, 4) is 11.5 Å². The third kappa shape index (κ3) is 5.28. The van der Waals surface area contributed by atoms with Crippen molar-refractivity contribution in [2.75, 3.05) is 0 Å². The normalized spacial score (nSPS) is 9.75. The highest BCUT2D eigenvalue weighted by Crippen LogP contribution is 2.40. The fourth-order valence-electron chi connectivity index (χ4n) is 1.99. The van der Waals surface area contributed by atoms with Crippen LogP contribution in [-0.4, -0.2) is 39.8 Å². The van der Waals surface area contributed by atoms with Crippen LogP contribution in [0.3, 0.4) is 0 Å². The van der Waals surface area contributed by atoms with Crippen molar-refractivity contribution in [1.82, 2.24) is 0 Å². The van der Waals surface area contributed by atoms with Crippen LogP contribution in [0.15, 0.2) is 24.3 Å². The first-order valence-electron chi connectivity index (χ1n) is 7.29. The van der Waals surface area contributed by atoms with Crippen molar-refractivity contribution in [3.05, 3.63) is 85.0 Å². The first-order chi connectivity index (χ1) is 14.7. The summed E-state index contributed by atoms with van der Waals surface area (Å²) in [6, 6.07) is 1.79. The molecule has 0 fully saturated rings. The Morgan fingerprint density at radius 2 is 0.844 bits per heavy atom. The average Bonchev–Trinajstić information content (AvgIpc) is 2.66. The summed E-state index contributed by atoms with van der Waals surface area (Å²) in [6.07, 6.45) is 0. The highest BCUT2D eigenvalue weighted by Gasteiger charge is 2.33. The first kappa shape index (κ1) is 24.5. The van der Waals surface area contributed by atoms with Gasteiger partial charge in [-0.2, -0.15) is 0 Å². The minimum Gasteiger partial charge on any atom is -0.502 e. The minimum absolute atomic E-state index is 0.415. The van der Waals surface area contributed by atoms with Gasteiger partial charge in [-0.15, -0.1) is 0 Å². The summed E-state index contributed by atoms with van der Waals surface area (Å²) >= 11 is 0. The molecule has 2 aromatic carbocycles. The predicted molar refractivity (Wildman–Crippen MR) is 96.1 cm³/mol. The fraction of sp³-hybridized carbons (Fsp3) is 0. The SMILES string of the molecule is O=[N+]([O-])c1cc(O)c([N+](=O)[O-])c([N+](=O)[O-])c1.O=[N+]([O-])c1cc([N+](=O)[O-])c(O)c([N+](=O)[O-])c1. The van der Waals surface area contributed by atoms with Gasteiger partial charge in [0.2, 0.25) is 5.75 Å². The van der Waals surface area contributed by atoms with Gasteiger partial charge in [0.15, 0.2) is 0 Å². The second-order valence-electron chi connectivity index (χ2n) is 5.21. The van der Waals surface area contributed by atoms with Gasteiger partial charge in [-0.3, -0.25) is 60.7 Å². The molecule has 2 rings (SSSR count). The zero-order valence-corrected chi connectivity index (χ0v) is 14.8. The maximum absolute atomic E-state index is 10.4. The van der Waals surface area contributed by atoms with Gasteiger partial charge in [0.25, 0.3) is 17.1 Å². The molecule has 20 heteroatoms. The Morgan fingerprint density at radius 3 is 1.16 bits per heavy atom. The van der Waals surface area contributed by atoms with Gasteiger partial charge in [-0.1, -0.05) is 0 Å². The standard InChI is InChI=1S/2C6H3N3O7/c10-5-2-3(7(11)12)1-4(8(13)14)6(5)9(15)16;10-6-4(8(13)14)1-3(7(11)12)2-5(6)9(15)16/h2*1-2,10H. The molecule has 20 nitrogen and oxygen atoms in total. The number of nitrogens with zero attached hydrogens (tertiary/aromatic N) is 6. The van der Waals surface area contributed by atoms with Crippen LogP contribution in [0.5, 0.6) is 11.5 Å². The molecule has 0 aliphatic rings. The fourth-order valence-corrected chi connectivity index (χ4v) is 1.99. The Kier molecular flexibility index (Phi) is 7.11. The summed E-state index contributed by atoms with van der Waals surface area (Å²) in [4.78, 5) is 55.5. The molecule has 0 aromatic heterocycles. The summed E-state index contributed by atoms with van der Waals surface area (Å²) < 4.78 is 0. The lowest BCUT2D eigenvalue weighted by Crippen LogP contribution is -1.98. The predicted octanol–water partition coefficient (Wildman–Crippen LogP) is 2.23. The molecule has 0 bridgehead atoms. The molecule has 2 N–H and O–H groups in total. The molecule has 0 aliphatic carbocycles. The van der Waals surface area contributed by atoms with Crippen molar-refractivity contribution in [2.24, 2.45) is 0 Å². The van der Waals surface area contributed by atoms with E-state index in [1.165, 1.54) is 0 Å². The number of hydrogen-bond acceptors (Lipinski definition) is 14. The maximum atomic E-state index is 10.4. The van der Waals surface area contributed by atoms with Gasteiger partial charge in [0.1, 0.15) is 6.07 Å². The van der Waals surface area contributed by atoms with Crippen molar-refractivity contribution >= 4 is 34.1 Å². The van der Waals surface area contributed by atoms with Crippen LogP contribution >= 0.6 is 0 Å². The molecule has 168 valence electrons. The van der Waals surface area contributed by atoms with E-state index in [4.69, 9.17) is 10.2 Å². The Labute approximate surface area is 171 Å². The molecule has 0 radical (unpaired) electrons. The van der Waals surface area contributed by atoms with Crippen LogP contribution in [0.4, 0.5) is 34.1 Å². The molecule has 32 heavy (non-hydrogen) atoms. The van der Waals surface area contributed by atoms with Gasteiger partial charge < -0.3 is 10.2 Å². The van der Waals surface area contributed by atoms with Crippen LogP contribution in [0.25, 0.3) is 0 Å². The molecule has 0 amide bonds. The quantitative estimate of drug-likeness (QED) is 0.463. The second-order valence-corrected chi connectivity index (χ2v) is 5.21. The second kappa shape index (κ2) is 9.29. The number of benzene rings is 2. The third-order valence-corrected chi connectivity index (χ3v) is 3.30. The Balaban J connectivity index is 0.000000320. The zero-order chi connectivity index (χ0) is 24.9. The Bertz CT molecular complexity index is 1140. The molecule has 0 heterocycles. The molecular formula is C12H6N6O14. The van der Waals surface area contributed by atoms with E-state index >= 15 is 0 Å². The maximum Gasteiger partial charge on any atom is 0.387 e. The van der Waals surface area contributed by atoms with Gasteiger partial charge in [0, 0.05) is 0 Å². The van der Waals surface area contributed by atoms with E-state index in [2.05, 4.69) is 0 Å². The molecular weight excluding hydrogens is 452 g/mol. The topological polar surface area (TPSA) is 299 Å². The van der Waals surface area contributed by atoms with Crippen LogP contribution in [0.1, 0.15) is 0 Å². The lowest BCUT2D eigenvalue weighted by Gasteiger charge is -1.97. The Morgan fingerprint density at radius 1 is 0.500 bits per heavy atom. The van der Waals surface area contributed by atoms with Crippen LogP contribution < -0.4 is 0 Å². The molecule has 0 saturated heterocycles. The van der Waals surface area contributed by atoms with Crippen LogP contribution in [-0.2, 0) is 0 Å². The van der Waals surface area contributed by atoms with E-state index < -0.39 is 75.2 Å². The summed E-state index contributed by atoms with van der Waals surface area (Å²) in [5, 5.41) is 80.4. The third-order valence-electron chi connectivity index (χ3n) is 3.30. The van der Waals surface area contributed by atoms with Crippen molar-refractivity contribution in [1.29, 1.82) is 0 Å². The molecule has 2 aromatic rings. The number of nitro groups is 6. The highest BCUT2D eigenvalue weighted by molar-refractivity contribution is 5.66. The summed E-state index contributed by atoms with van der Waals surface area (Å²) in [5.41, 5.74) is -6.10. The number of aromatic hydroxyl groups is 2. The van der Waals surface area contributed by atoms with Gasteiger partial charge >= 0.3 is 22.7 Å². The van der Waals surface area contributed by atoms with E-state index in [9.17, 15) is 60.7 Å². The van der Waals surface area contributed by atoms with Gasteiger partial charge in [-0.25, -0.2) is 0 Å². The lowest BCUT2D eigenvalue weighted by atomic mass is 10.2. The van der Waals surface area contributed by atoms with E-state index in [-0.39, 0.29) is 0 Å². The first-order valence-corrected chi connectivity index (χ1v) is 7.29. The van der Waals surface area contributed by atoms with Gasteiger partial charge in [0.05, 0.1) is 47.7 Å².